The van der Waals surface area contributed by atoms with Gasteiger partial charge in [0.15, 0.2) is 0 Å². The highest BCUT2D eigenvalue weighted by Crippen LogP contribution is 2.29. The second-order valence-corrected chi connectivity index (χ2v) is 6.99. The minimum absolute atomic E-state index is 0.0360. The van der Waals surface area contributed by atoms with E-state index in [1.807, 2.05) is 24.3 Å². The molecule has 4 nitrogen and oxygen atoms in total. The molecule has 1 heterocycles. The molecule has 0 spiro atoms. The van der Waals surface area contributed by atoms with E-state index in [1.54, 1.807) is 12.4 Å². The molecule has 0 saturated heterocycles. The van der Waals surface area contributed by atoms with E-state index in [1.165, 1.54) is 0 Å². The fraction of sp³-hybridized carbons (Fsp3) is 0.400. The number of hydrogen-bond donors (Lipinski definition) is 2. The maximum Gasteiger partial charge on any atom is 0.257 e. The molecule has 1 aromatic heterocycles. The summed E-state index contributed by atoms with van der Waals surface area (Å²) in [7, 11) is 0. The normalized spacial score (nSPS) is 11.2. The van der Waals surface area contributed by atoms with Crippen LogP contribution >= 0.6 is 0 Å². The molecule has 1 amide bonds. The van der Waals surface area contributed by atoms with Crippen LogP contribution in [0.4, 0.5) is 11.4 Å². The van der Waals surface area contributed by atoms with Crippen molar-refractivity contribution in [2.75, 3.05) is 17.2 Å². The zero-order valence-corrected chi connectivity index (χ0v) is 15.0. The molecular formula is C20H27N3O. The van der Waals surface area contributed by atoms with E-state index in [0.29, 0.717) is 5.56 Å². The van der Waals surface area contributed by atoms with E-state index in [4.69, 9.17) is 0 Å². The van der Waals surface area contributed by atoms with Crippen LogP contribution in [0.5, 0.6) is 0 Å². The lowest BCUT2D eigenvalue weighted by Gasteiger charge is -2.23. The van der Waals surface area contributed by atoms with Gasteiger partial charge in [0.1, 0.15) is 0 Å². The molecule has 24 heavy (non-hydrogen) atoms. The van der Waals surface area contributed by atoms with Crippen LogP contribution < -0.4 is 10.6 Å². The quantitative estimate of drug-likeness (QED) is 0.747. The van der Waals surface area contributed by atoms with Gasteiger partial charge in [-0.25, -0.2) is 0 Å². The minimum atomic E-state index is -0.140. The summed E-state index contributed by atoms with van der Waals surface area (Å²) in [5, 5.41) is 6.32. The number of unbranched alkanes of at least 4 members (excludes halogenated alkanes) is 1. The Balaban J connectivity index is 2.15. The molecule has 2 rings (SSSR count). The third-order valence-corrected chi connectivity index (χ3v) is 3.84. The van der Waals surface area contributed by atoms with E-state index in [9.17, 15) is 4.79 Å². The van der Waals surface area contributed by atoms with Crippen molar-refractivity contribution >= 4 is 17.3 Å². The smallest absolute Gasteiger partial charge is 0.257 e. The average molecular weight is 325 g/mol. The molecule has 2 aromatic rings. The van der Waals surface area contributed by atoms with Gasteiger partial charge in [-0.1, -0.05) is 52.3 Å². The van der Waals surface area contributed by atoms with Gasteiger partial charge < -0.3 is 10.6 Å². The van der Waals surface area contributed by atoms with Crippen LogP contribution in [0.2, 0.25) is 0 Å². The molecule has 4 heteroatoms. The fourth-order valence-electron chi connectivity index (χ4n) is 2.51. The van der Waals surface area contributed by atoms with Crippen LogP contribution in [-0.2, 0) is 5.41 Å². The van der Waals surface area contributed by atoms with Gasteiger partial charge in [0.25, 0.3) is 5.91 Å². The number of nitrogens with one attached hydrogen (secondary N) is 2. The summed E-state index contributed by atoms with van der Waals surface area (Å²) in [6, 6.07) is 9.77. The highest BCUT2D eigenvalue weighted by atomic mass is 16.1. The van der Waals surface area contributed by atoms with Crippen molar-refractivity contribution in [2.45, 2.75) is 46.0 Å². The van der Waals surface area contributed by atoms with Gasteiger partial charge >= 0.3 is 0 Å². The summed E-state index contributed by atoms with van der Waals surface area (Å²) in [5.41, 5.74) is 3.36. The topological polar surface area (TPSA) is 54.0 Å². The van der Waals surface area contributed by atoms with Crippen molar-refractivity contribution in [3.63, 3.8) is 0 Å². The first kappa shape index (κ1) is 18.0. The molecule has 0 aliphatic carbocycles. The second kappa shape index (κ2) is 7.95. The maximum absolute atomic E-state index is 12.6. The van der Waals surface area contributed by atoms with Gasteiger partial charge in [0.05, 0.1) is 11.3 Å². The monoisotopic (exact) mass is 325 g/mol. The number of para-hydroxylation sites is 1. The Morgan fingerprint density at radius 1 is 1.17 bits per heavy atom. The molecule has 1 aromatic carbocycles. The van der Waals surface area contributed by atoms with Crippen molar-refractivity contribution < 1.29 is 4.79 Å². The number of rotatable bonds is 6. The third kappa shape index (κ3) is 4.82. The molecule has 0 unspecified atom stereocenters. The van der Waals surface area contributed by atoms with E-state index in [-0.39, 0.29) is 11.3 Å². The molecule has 0 aliphatic heterocycles. The number of nitrogens with zero attached hydrogens (tertiary/aromatic N) is 1. The number of amides is 1. The highest BCUT2D eigenvalue weighted by molar-refractivity contribution is 6.05. The maximum atomic E-state index is 12.6. The van der Waals surface area contributed by atoms with Gasteiger partial charge in [-0.3, -0.25) is 9.78 Å². The largest absolute Gasteiger partial charge is 0.384 e. The SMILES string of the molecule is CCCCNc1cncc(C(=O)Nc2ccccc2C(C)(C)C)c1. The zero-order valence-electron chi connectivity index (χ0n) is 15.0. The lowest BCUT2D eigenvalue weighted by molar-refractivity contribution is 0.102. The number of benzene rings is 1. The first-order valence-corrected chi connectivity index (χ1v) is 8.51. The van der Waals surface area contributed by atoms with Crippen LogP contribution in [0, 0.1) is 0 Å². The van der Waals surface area contributed by atoms with Crippen molar-refractivity contribution in [3.05, 3.63) is 53.9 Å². The van der Waals surface area contributed by atoms with Gasteiger partial charge in [-0.2, -0.15) is 0 Å². The summed E-state index contributed by atoms with van der Waals surface area (Å²) in [6.07, 6.45) is 5.56. The fourth-order valence-corrected chi connectivity index (χ4v) is 2.51. The molecule has 0 saturated carbocycles. The van der Waals surface area contributed by atoms with Crippen molar-refractivity contribution in [2.24, 2.45) is 0 Å². The molecule has 2 N–H and O–H groups in total. The van der Waals surface area contributed by atoms with Crippen LogP contribution in [0.15, 0.2) is 42.7 Å². The number of pyridine rings is 1. The number of aromatic nitrogens is 1. The molecule has 0 aliphatic rings. The third-order valence-electron chi connectivity index (χ3n) is 3.84. The standard InChI is InChI=1S/C20H27N3O/c1-5-6-11-22-16-12-15(13-21-14-16)19(24)23-18-10-8-7-9-17(18)20(2,3)4/h7-10,12-14,22H,5-6,11H2,1-4H3,(H,23,24). The number of anilines is 2. The molecular weight excluding hydrogens is 298 g/mol. The van der Waals surface area contributed by atoms with Gasteiger partial charge in [0, 0.05) is 24.6 Å². The summed E-state index contributed by atoms with van der Waals surface area (Å²) in [6.45, 7) is 9.44. The molecule has 0 atom stereocenters. The Bertz CT molecular complexity index is 689. The number of hydrogen-bond acceptors (Lipinski definition) is 3. The lowest BCUT2D eigenvalue weighted by Crippen LogP contribution is -2.19. The molecule has 0 radical (unpaired) electrons. The Morgan fingerprint density at radius 3 is 2.62 bits per heavy atom. The molecule has 128 valence electrons. The van der Waals surface area contributed by atoms with Crippen LogP contribution in [0.3, 0.4) is 0 Å². The predicted molar refractivity (Wildman–Crippen MR) is 101 cm³/mol. The second-order valence-electron chi connectivity index (χ2n) is 6.99. The van der Waals surface area contributed by atoms with E-state index >= 15 is 0 Å². The van der Waals surface area contributed by atoms with E-state index in [0.717, 1.165) is 36.3 Å². The highest BCUT2D eigenvalue weighted by Gasteiger charge is 2.19. The van der Waals surface area contributed by atoms with Crippen LogP contribution in [-0.4, -0.2) is 17.4 Å². The summed E-state index contributed by atoms with van der Waals surface area (Å²) < 4.78 is 0. The summed E-state index contributed by atoms with van der Waals surface area (Å²) >= 11 is 0. The zero-order chi connectivity index (χ0) is 17.6. The average Bonchev–Trinajstić information content (AvgIpc) is 2.55. The van der Waals surface area contributed by atoms with Gasteiger partial charge in [0.2, 0.25) is 0 Å². The van der Waals surface area contributed by atoms with Crippen molar-refractivity contribution in [3.8, 4) is 0 Å². The summed E-state index contributed by atoms with van der Waals surface area (Å²) in [5.74, 6) is -0.140. The lowest BCUT2D eigenvalue weighted by atomic mass is 9.86. The van der Waals surface area contributed by atoms with Gasteiger partial charge in [-0.15, -0.1) is 0 Å². The first-order valence-electron chi connectivity index (χ1n) is 8.51. The first-order chi connectivity index (χ1) is 11.4. The minimum Gasteiger partial charge on any atom is -0.384 e. The van der Waals surface area contributed by atoms with Crippen molar-refractivity contribution in [1.82, 2.24) is 4.98 Å². The Kier molecular flexibility index (Phi) is 5.96. The Morgan fingerprint density at radius 2 is 1.92 bits per heavy atom. The summed E-state index contributed by atoms with van der Waals surface area (Å²) in [4.78, 5) is 16.8. The predicted octanol–water partition coefficient (Wildman–Crippen LogP) is 4.84. The Hall–Kier alpha value is -2.36. The van der Waals surface area contributed by atoms with E-state index < -0.39 is 0 Å². The van der Waals surface area contributed by atoms with E-state index in [2.05, 4.69) is 49.4 Å². The van der Waals surface area contributed by atoms with Crippen LogP contribution in [0.1, 0.15) is 56.5 Å². The molecule has 0 bridgehead atoms. The molecule has 0 fully saturated rings. The number of carbonyl (C=O) groups excluding carboxylic acids is 1. The van der Waals surface area contributed by atoms with Crippen molar-refractivity contribution in [1.29, 1.82) is 0 Å². The van der Waals surface area contributed by atoms with Crippen LogP contribution in [0.25, 0.3) is 0 Å². The number of carbonyl (C=O) groups is 1. The van der Waals surface area contributed by atoms with Gasteiger partial charge in [-0.05, 0) is 29.5 Å². The Labute approximate surface area is 144 Å².